The molecule has 1 atom stereocenters. The summed E-state index contributed by atoms with van der Waals surface area (Å²) in [7, 11) is 0. The molecule has 0 bridgehead atoms. The molecule has 37 heavy (non-hydrogen) atoms. The summed E-state index contributed by atoms with van der Waals surface area (Å²) < 4.78 is 18.9. The van der Waals surface area contributed by atoms with Crippen LogP contribution in [-0.2, 0) is 0 Å². The number of amides is 1. The quantitative estimate of drug-likeness (QED) is 0.0996. The summed E-state index contributed by atoms with van der Waals surface area (Å²) in [6.45, 7) is 2.19. The molecule has 4 N–H and O–H groups in total. The number of aromatic nitrogens is 2. The van der Waals surface area contributed by atoms with Crippen molar-refractivity contribution in [3.05, 3.63) is 105 Å². The van der Waals surface area contributed by atoms with Crippen LogP contribution in [0.1, 0.15) is 45.2 Å². The third-order valence-corrected chi connectivity index (χ3v) is 6.27. The highest BCUT2D eigenvalue weighted by molar-refractivity contribution is 9.10. The van der Waals surface area contributed by atoms with E-state index >= 15 is 0 Å². The number of carbonyl (C=O) groups is 1. The minimum atomic E-state index is -0.442. The number of aryl methyl sites for hydroxylation is 1. The minimum Gasteiger partial charge on any atom is -0.507 e. The maximum absolute atomic E-state index is 13.7. The highest BCUT2D eigenvalue weighted by atomic mass is 79.9. The molecule has 0 saturated carbocycles. The fraction of sp³-hybridized carbons (Fsp3) is 0.154. The summed E-state index contributed by atoms with van der Waals surface area (Å²) in [6, 6.07) is 18.3. The van der Waals surface area contributed by atoms with E-state index in [0.717, 1.165) is 11.1 Å². The lowest BCUT2D eigenvalue weighted by atomic mass is 9.90. The highest BCUT2D eigenvalue weighted by Gasteiger charge is 2.27. The van der Waals surface area contributed by atoms with Crippen molar-refractivity contribution >= 4 is 33.4 Å². The first-order valence-electron chi connectivity index (χ1n) is 11.3. The van der Waals surface area contributed by atoms with E-state index in [-0.39, 0.29) is 33.9 Å². The van der Waals surface area contributed by atoms with Crippen molar-refractivity contribution in [1.82, 2.24) is 15.6 Å². The Hall–Kier alpha value is -4.25. The Morgan fingerprint density at radius 1 is 1.14 bits per heavy atom. The van der Waals surface area contributed by atoms with Crippen LogP contribution in [0.5, 0.6) is 5.75 Å². The second kappa shape index (κ2) is 11.7. The fourth-order valence-electron chi connectivity index (χ4n) is 3.87. The van der Waals surface area contributed by atoms with Crippen LogP contribution in [0.15, 0.2) is 81.0 Å². The number of oxime groups is 1. The number of hydrogen-bond acceptors (Lipinski definition) is 7. The Kier molecular flexibility index (Phi) is 8.14. The zero-order valence-corrected chi connectivity index (χ0v) is 21.2. The van der Waals surface area contributed by atoms with Gasteiger partial charge in [0.2, 0.25) is 5.84 Å². The van der Waals surface area contributed by atoms with E-state index in [1.807, 2.05) is 31.2 Å². The van der Waals surface area contributed by atoms with Crippen molar-refractivity contribution in [1.29, 1.82) is 0 Å². The van der Waals surface area contributed by atoms with E-state index < -0.39 is 17.6 Å². The SMILES string of the molecule is Cc1cccc(C(CCNC(=O)c2ccccc2O)c2nonc2C(=NO)Nc2ccc(F)c(Br)c2)c1. The molecule has 0 aliphatic carbocycles. The van der Waals surface area contributed by atoms with Crippen molar-refractivity contribution < 1.29 is 24.1 Å². The molecule has 0 spiro atoms. The monoisotopic (exact) mass is 567 g/mol. The molecule has 1 aromatic heterocycles. The van der Waals surface area contributed by atoms with E-state index in [9.17, 15) is 19.5 Å². The normalized spacial score (nSPS) is 12.2. The van der Waals surface area contributed by atoms with Gasteiger partial charge in [-0.1, -0.05) is 52.3 Å². The molecule has 0 radical (unpaired) electrons. The fourth-order valence-corrected chi connectivity index (χ4v) is 4.25. The first kappa shape index (κ1) is 25.8. The Labute approximate surface area is 220 Å². The third kappa shape index (κ3) is 6.12. The lowest BCUT2D eigenvalue weighted by Gasteiger charge is -2.17. The Morgan fingerprint density at radius 2 is 1.95 bits per heavy atom. The van der Waals surface area contributed by atoms with E-state index in [2.05, 4.69) is 42.0 Å². The van der Waals surface area contributed by atoms with Crippen LogP contribution >= 0.6 is 15.9 Å². The molecule has 4 aromatic rings. The van der Waals surface area contributed by atoms with E-state index in [1.165, 1.54) is 30.3 Å². The molecule has 11 heteroatoms. The van der Waals surface area contributed by atoms with Gasteiger partial charge in [0.05, 0.1) is 10.0 Å². The second-order valence-corrected chi connectivity index (χ2v) is 9.08. The molecule has 1 heterocycles. The molecular weight excluding hydrogens is 545 g/mol. The van der Waals surface area contributed by atoms with Crippen molar-refractivity contribution in [3.63, 3.8) is 0 Å². The number of carbonyl (C=O) groups excluding carboxylic acids is 1. The van der Waals surface area contributed by atoms with Crippen molar-refractivity contribution in [3.8, 4) is 5.75 Å². The van der Waals surface area contributed by atoms with Crippen LogP contribution < -0.4 is 10.6 Å². The molecule has 0 fully saturated rings. The maximum Gasteiger partial charge on any atom is 0.255 e. The Bertz CT molecular complexity index is 1440. The number of nitrogens with zero attached hydrogens (tertiary/aromatic N) is 3. The van der Waals surface area contributed by atoms with Gasteiger partial charge in [0.25, 0.3) is 5.91 Å². The summed E-state index contributed by atoms with van der Waals surface area (Å²) in [5.74, 6) is -1.42. The number of anilines is 1. The number of aromatic hydroxyl groups is 1. The number of benzene rings is 3. The smallest absolute Gasteiger partial charge is 0.255 e. The van der Waals surface area contributed by atoms with E-state index in [0.29, 0.717) is 17.8 Å². The largest absolute Gasteiger partial charge is 0.507 e. The Morgan fingerprint density at radius 3 is 2.68 bits per heavy atom. The van der Waals surface area contributed by atoms with Gasteiger partial charge >= 0.3 is 0 Å². The summed E-state index contributed by atoms with van der Waals surface area (Å²) >= 11 is 3.13. The minimum absolute atomic E-state index is 0.0503. The number of phenols is 1. The van der Waals surface area contributed by atoms with Gasteiger partial charge in [-0.3, -0.25) is 4.79 Å². The van der Waals surface area contributed by atoms with Crippen LogP contribution in [0.25, 0.3) is 0 Å². The van der Waals surface area contributed by atoms with Gasteiger partial charge in [0.15, 0.2) is 5.69 Å². The average molecular weight is 568 g/mol. The summed E-state index contributed by atoms with van der Waals surface area (Å²) in [5.41, 5.74) is 3.05. The van der Waals surface area contributed by atoms with Gasteiger partial charge in [-0.25, -0.2) is 9.02 Å². The number of para-hydroxylation sites is 1. The topological polar surface area (TPSA) is 133 Å². The molecule has 0 aliphatic rings. The van der Waals surface area contributed by atoms with Crippen molar-refractivity contribution in [2.75, 3.05) is 11.9 Å². The number of phenolic OH excluding ortho intramolecular Hbond substituents is 1. The summed E-state index contributed by atoms with van der Waals surface area (Å²) in [6.07, 6.45) is 0.394. The summed E-state index contributed by atoms with van der Waals surface area (Å²) in [5, 5.41) is 36.8. The standard InChI is InChI=1S/C26H23BrFN5O4/c1-15-5-4-6-16(13-15)18(11-12-29-26(35)19-7-2-3-8-22(19)34)23-24(33-37-32-23)25(31-36)30-17-9-10-21(28)20(27)14-17/h2-10,13-14,18,34,36H,11-12H2,1H3,(H,29,35)(H,30,31). The summed E-state index contributed by atoms with van der Waals surface area (Å²) in [4.78, 5) is 12.6. The van der Waals surface area contributed by atoms with Crippen LogP contribution in [0.4, 0.5) is 10.1 Å². The average Bonchev–Trinajstić information content (AvgIpc) is 3.36. The van der Waals surface area contributed by atoms with Gasteiger partial charge in [0, 0.05) is 18.2 Å². The lowest BCUT2D eigenvalue weighted by molar-refractivity contribution is 0.0950. The first-order valence-corrected chi connectivity index (χ1v) is 12.1. The number of amidine groups is 1. The molecule has 0 aliphatic heterocycles. The van der Waals surface area contributed by atoms with Crippen molar-refractivity contribution in [2.45, 2.75) is 19.3 Å². The van der Waals surface area contributed by atoms with Crippen LogP contribution in [-0.4, -0.2) is 38.9 Å². The van der Waals surface area contributed by atoms with E-state index in [4.69, 9.17) is 4.63 Å². The van der Waals surface area contributed by atoms with E-state index in [1.54, 1.807) is 12.1 Å². The zero-order valence-electron chi connectivity index (χ0n) is 19.7. The molecule has 4 rings (SSSR count). The van der Waals surface area contributed by atoms with Gasteiger partial charge < -0.3 is 20.9 Å². The molecular formula is C26H23BrFN5O4. The van der Waals surface area contributed by atoms with Crippen LogP contribution in [0.2, 0.25) is 0 Å². The predicted molar refractivity (Wildman–Crippen MR) is 138 cm³/mol. The number of halogens is 2. The van der Waals surface area contributed by atoms with Gasteiger partial charge in [-0.15, -0.1) is 0 Å². The molecule has 190 valence electrons. The molecule has 0 saturated heterocycles. The van der Waals surface area contributed by atoms with Gasteiger partial charge in [-0.05, 0) is 70.3 Å². The van der Waals surface area contributed by atoms with Gasteiger partial charge in [0.1, 0.15) is 17.3 Å². The maximum atomic E-state index is 13.7. The van der Waals surface area contributed by atoms with Crippen molar-refractivity contribution in [2.24, 2.45) is 5.16 Å². The molecule has 3 aromatic carbocycles. The lowest BCUT2D eigenvalue weighted by Crippen LogP contribution is -2.26. The van der Waals surface area contributed by atoms with Crippen LogP contribution in [0.3, 0.4) is 0 Å². The third-order valence-electron chi connectivity index (χ3n) is 5.66. The van der Waals surface area contributed by atoms with Gasteiger partial charge in [-0.2, -0.15) is 0 Å². The molecule has 1 amide bonds. The molecule has 9 nitrogen and oxygen atoms in total. The number of nitrogens with one attached hydrogen (secondary N) is 2. The number of hydrogen-bond donors (Lipinski definition) is 4. The zero-order chi connectivity index (χ0) is 26.4. The predicted octanol–water partition coefficient (Wildman–Crippen LogP) is 5.19. The highest BCUT2D eigenvalue weighted by Crippen LogP contribution is 2.30. The number of rotatable bonds is 8. The Balaban J connectivity index is 1.60. The molecule has 1 unspecified atom stereocenters. The second-order valence-electron chi connectivity index (χ2n) is 8.23. The van der Waals surface area contributed by atoms with Crippen LogP contribution in [0, 0.1) is 12.7 Å². The first-order chi connectivity index (χ1) is 17.9.